The van der Waals surface area contributed by atoms with Gasteiger partial charge in [-0.25, -0.2) is 8.42 Å². The molecule has 1 aliphatic heterocycles. The summed E-state index contributed by atoms with van der Waals surface area (Å²) in [4.78, 5) is 14.7. The zero-order valence-corrected chi connectivity index (χ0v) is 16.9. The van der Waals surface area contributed by atoms with Crippen LogP contribution < -0.4 is 0 Å². The third kappa shape index (κ3) is 4.09. The molecule has 2 heterocycles. The topological polar surface area (TPSA) is 70.8 Å². The molecule has 0 atom stereocenters. The Labute approximate surface area is 160 Å². The van der Waals surface area contributed by atoms with Crippen molar-refractivity contribution in [3.63, 3.8) is 0 Å². The van der Waals surface area contributed by atoms with Gasteiger partial charge in [-0.15, -0.1) is 0 Å². The standard InChI is InChI=1S/C20H26N2O4S/c1-4-5-17-6-8-18(9-7-17)27(24,25)22-12-10-21(11-13-22)20(23)19-14-15(2)26-16(19)3/h6-9,14H,4-5,10-13H2,1-3H3. The second kappa shape index (κ2) is 7.86. The first-order valence-electron chi connectivity index (χ1n) is 9.28. The number of rotatable bonds is 5. The molecule has 0 spiro atoms. The highest BCUT2D eigenvalue weighted by molar-refractivity contribution is 7.89. The Morgan fingerprint density at radius 2 is 1.70 bits per heavy atom. The molecule has 3 rings (SSSR count). The summed E-state index contributed by atoms with van der Waals surface area (Å²) in [6.07, 6.45) is 1.96. The number of carbonyl (C=O) groups is 1. The van der Waals surface area contributed by atoms with Crippen molar-refractivity contribution < 1.29 is 17.6 Å². The number of aryl methyl sites for hydroxylation is 3. The quantitative estimate of drug-likeness (QED) is 0.787. The van der Waals surface area contributed by atoms with E-state index in [0.717, 1.165) is 18.4 Å². The number of hydrogen-bond donors (Lipinski definition) is 0. The first kappa shape index (κ1) is 19.6. The zero-order valence-electron chi connectivity index (χ0n) is 16.1. The largest absolute Gasteiger partial charge is 0.466 e. The number of carbonyl (C=O) groups excluding carboxylic acids is 1. The third-order valence-corrected chi connectivity index (χ3v) is 6.81. The van der Waals surface area contributed by atoms with Crippen LogP contribution in [0.3, 0.4) is 0 Å². The lowest BCUT2D eigenvalue weighted by atomic mass is 10.1. The summed E-state index contributed by atoms with van der Waals surface area (Å²) in [5, 5.41) is 0. The van der Waals surface area contributed by atoms with Crippen molar-refractivity contribution in [3.8, 4) is 0 Å². The summed E-state index contributed by atoms with van der Waals surface area (Å²) in [5.74, 6) is 1.19. The predicted molar refractivity (Wildman–Crippen MR) is 103 cm³/mol. The van der Waals surface area contributed by atoms with Gasteiger partial charge in [0.05, 0.1) is 10.5 Å². The van der Waals surface area contributed by atoms with Gasteiger partial charge in [0, 0.05) is 26.2 Å². The molecule has 1 amide bonds. The van der Waals surface area contributed by atoms with Gasteiger partial charge in [-0.3, -0.25) is 4.79 Å². The van der Waals surface area contributed by atoms with Crippen molar-refractivity contribution >= 4 is 15.9 Å². The molecule has 0 radical (unpaired) electrons. The minimum atomic E-state index is -3.53. The first-order chi connectivity index (χ1) is 12.8. The van der Waals surface area contributed by atoms with E-state index in [1.54, 1.807) is 36.9 Å². The van der Waals surface area contributed by atoms with Gasteiger partial charge in [0.1, 0.15) is 11.5 Å². The number of piperazine rings is 1. The highest BCUT2D eigenvalue weighted by Crippen LogP contribution is 2.21. The molecular formula is C20H26N2O4S. The highest BCUT2D eigenvalue weighted by Gasteiger charge is 2.31. The first-order valence-corrected chi connectivity index (χ1v) is 10.7. The van der Waals surface area contributed by atoms with Gasteiger partial charge in [-0.2, -0.15) is 4.31 Å². The molecule has 0 bridgehead atoms. The average molecular weight is 391 g/mol. The van der Waals surface area contributed by atoms with Gasteiger partial charge in [-0.05, 0) is 44.0 Å². The Kier molecular flexibility index (Phi) is 5.72. The predicted octanol–water partition coefficient (Wildman–Crippen LogP) is 3.00. The van der Waals surface area contributed by atoms with Crippen LogP contribution in [0, 0.1) is 13.8 Å². The van der Waals surface area contributed by atoms with Gasteiger partial charge in [0.2, 0.25) is 10.0 Å². The van der Waals surface area contributed by atoms with Gasteiger partial charge < -0.3 is 9.32 Å². The smallest absolute Gasteiger partial charge is 0.257 e. The maximum Gasteiger partial charge on any atom is 0.257 e. The fourth-order valence-electron chi connectivity index (χ4n) is 3.41. The highest BCUT2D eigenvalue weighted by atomic mass is 32.2. The van der Waals surface area contributed by atoms with E-state index in [-0.39, 0.29) is 5.91 Å². The number of nitrogens with zero attached hydrogens (tertiary/aromatic N) is 2. The van der Waals surface area contributed by atoms with E-state index in [9.17, 15) is 13.2 Å². The van der Waals surface area contributed by atoms with Gasteiger partial charge >= 0.3 is 0 Å². The molecule has 0 N–H and O–H groups in total. The van der Waals surface area contributed by atoms with Crippen LogP contribution in [0.25, 0.3) is 0 Å². The fraction of sp³-hybridized carbons (Fsp3) is 0.450. The second-order valence-electron chi connectivity index (χ2n) is 6.92. The lowest BCUT2D eigenvalue weighted by molar-refractivity contribution is 0.0696. The SMILES string of the molecule is CCCc1ccc(S(=O)(=O)N2CCN(C(=O)c3cc(C)oc3C)CC2)cc1. The summed E-state index contributed by atoms with van der Waals surface area (Å²) in [6, 6.07) is 8.84. The van der Waals surface area contributed by atoms with Crippen LogP contribution in [0.2, 0.25) is 0 Å². The molecule has 1 aromatic carbocycles. The van der Waals surface area contributed by atoms with E-state index in [2.05, 4.69) is 6.92 Å². The molecule has 1 aromatic heterocycles. The van der Waals surface area contributed by atoms with Crippen LogP contribution in [0.1, 0.15) is 40.8 Å². The van der Waals surface area contributed by atoms with Crippen LogP contribution >= 0.6 is 0 Å². The van der Waals surface area contributed by atoms with Crippen LogP contribution in [-0.4, -0.2) is 49.7 Å². The molecule has 1 fully saturated rings. The summed E-state index contributed by atoms with van der Waals surface area (Å²) in [5.41, 5.74) is 1.69. The molecule has 1 saturated heterocycles. The molecule has 146 valence electrons. The molecule has 0 aliphatic carbocycles. The Balaban J connectivity index is 1.67. The molecule has 1 aliphatic rings. The minimum Gasteiger partial charge on any atom is -0.466 e. The molecule has 0 saturated carbocycles. The van der Waals surface area contributed by atoms with Crippen molar-refractivity contribution in [2.45, 2.75) is 38.5 Å². The van der Waals surface area contributed by atoms with Crippen molar-refractivity contribution in [2.24, 2.45) is 0 Å². The van der Waals surface area contributed by atoms with E-state index >= 15 is 0 Å². The summed E-state index contributed by atoms with van der Waals surface area (Å²) in [7, 11) is -3.53. The second-order valence-corrected chi connectivity index (χ2v) is 8.86. The monoisotopic (exact) mass is 390 g/mol. The zero-order chi connectivity index (χ0) is 19.6. The van der Waals surface area contributed by atoms with Gasteiger partial charge in [0.25, 0.3) is 5.91 Å². The maximum absolute atomic E-state index is 12.9. The van der Waals surface area contributed by atoms with E-state index in [1.807, 2.05) is 12.1 Å². The molecule has 7 heteroatoms. The molecule has 6 nitrogen and oxygen atoms in total. The Hall–Kier alpha value is -2.12. The number of furan rings is 1. The lowest BCUT2D eigenvalue weighted by Gasteiger charge is -2.34. The molecule has 2 aromatic rings. The van der Waals surface area contributed by atoms with E-state index < -0.39 is 10.0 Å². The van der Waals surface area contributed by atoms with Gasteiger partial charge in [0.15, 0.2) is 0 Å². The Morgan fingerprint density at radius 1 is 1.07 bits per heavy atom. The van der Waals surface area contributed by atoms with E-state index in [4.69, 9.17) is 4.42 Å². The molecular weight excluding hydrogens is 364 g/mol. The average Bonchev–Trinajstić information content (AvgIpc) is 3.00. The lowest BCUT2D eigenvalue weighted by Crippen LogP contribution is -2.50. The van der Waals surface area contributed by atoms with Crippen molar-refractivity contribution in [2.75, 3.05) is 26.2 Å². The third-order valence-electron chi connectivity index (χ3n) is 4.90. The van der Waals surface area contributed by atoms with Crippen LogP contribution in [0.5, 0.6) is 0 Å². The summed E-state index contributed by atoms with van der Waals surface area (Å²) < 4.78 is 32.6. The maximum atomic E-state index is 12.9. The normalized spacial score (nSPS) is 15.9. The number of hydrogen-bond acceptors (Lipinski definition) is 4. The Morgan fingerprint density at radius 3 is 2.22 bits per heavy atom. The molecule has 27 heavy (non-hydrogen) atoms. The minimum absolute atomic E-state index is 0.106. The van der Waals surface area contributed by atoms with Crippen molar-refractivity contribution in [1.82, 2.24) is 9.21 Å². The Bertz CT molecular complexity index is 908. The number of benzene rings is 1. The number of sulfonamides is 1. The van der Waals surface area contributed by atoms with Crippen LogP contribution in [-0.2, 0) is 16.4 Å². The van der Waals surface area contributed by atoms with E-state index in [0.29, 0.717) is 48.2 Å². The number of amides is 1. The van der Waals surface area contributed by atoms with Gasteiger partial charge in [-0.1, -0.05) is 25.5 Å². The summed E-state index contributed by atoms with van der Waals surface area (Å²) >= 11 is 0. The van der Waals surface area contributed by atoms with Crippen molar-refractivity contribution in [3.05, 3.63) is 53.0 Å². The summed E-state index contributed by atoms with van der Waals surface area (Å²) in [6.45, 7) is 6.99. The fourth-order valence-corrected chi connectivity index (χ4v) is 4.83. The van der Waals surface area contributed by atoms with E-state index in [1.165, 1.54) is 4.31 Å². The van der Waals surface area contributed by atoms with Crippen LogP contribution in [0.4, 0.5) is 0 Å². The molecule has 0 unspecified atom stereocenters. The van der Waals surface area contributed by atoms with Crippen LogP contribution in [0.15, 0.2) is 39.6 Å². The van der Waals surface area contributed by atoms with Crippen molar-refractivity contribution in [1.29, 1.82) is 0 Å².